The SMILES string of the molecule is CCNC(C)CN1CCOC(C)(C)C1. The van der Waals surface area contributed by atoms with Crippen LogP contribution >= 0.6 is 0 Å². The van der Waals surface area contributed by atoms with Crippen molar-refractivity contribution in [2.75, 3.05) is 32.8 Å². The number of nitrogens with zero attached hydrogens (tertiary/aromatic N) is 1. The Morgan fingerprint density at radius 1 is 1.50 bits per heavy atom. The number of hydrogen-bond acceptors (Lipinski definition) is 3. The van der Waals surface area contributed by atoms with Crippen molar-refractivity contribution in [3.05, 3.63) is 0 Å². The lowest BCUT2D eigenvalue weighted by atomic mass is 10.1. The van der Waals surface area contributed by atoms with E-state index in [0.717, 1.165) is 32.8 Å². The van der Waals surface area contributed by atoms with Crippen LogP contribution in [-0.2, 0) is 4.74 Å². The molecule has 1 atom stereocenters. The molecule has 0 bridgehead atoms. The minimum absolute atomic E-state index is 0.0319. The number of hydrogen-bond donors (Lipinski definition) is 1. The molecule has 0 saturated carbocycles. The van der Waals surface area contributed by atoms with Crippen molar-refractivity contribution in [1.82, 2.24) is 10.2 Å². The first-order valence-corrected chi connectivity index (χ1v) is 5.63. The number of nitrogens with one attached hydrogen (secondary N) is 1. The summed E-state index contributed by atoms with van der Waals surface area (Å²) in [5.74, 6) is 0. The molecule has 0 aromatic heterocycles. The number of ether oxygens (including phenoxy) is 1. The monoisotopic (exact) mass is 200 g/mol. The normalized spacial score (nSPS) is 24.9. The summed E-state index contributed by atoms with van der Waals surface area (Å²) < 4.78 is 5.68. The van der Waals surface area contributed by atoms with E-state index >= 15 is 0 Å². The van der Waals surface area contributed by atoms with Gasteiger partial charge in [0.15, 0.2) is 0 Å². The first-order chi connectivity index (χ1) is 6.53. The predicted octanol–water partition coefficient (Wildman–Crippen LogP) is 1.10. The predicted molar refractivity (Wildman–Crippen MR) is 59.6 cm³/mol. The topological polar surface area (TPSA) is 24.5 Å². The average molecular weight is 200 g/mol. The van der Waals surface area contributed by atoms with Gasteiger partial charge in [0.05, 0.1) is 12.2 Å². The number of likely N-dealkylation sites (N-methyl/N-ethyl adjacent to an activating group) is 1. The van der Waals surface area contributed by atoms with Crippen molar-refractivity contribution in [1.29, 1.82) is 0 Å². The zero-order valence-electron chi connectivity index (χ0n) is 9.97. The second-order valence-electron chi connectivity index (χ2n) is 4.80. The van der Waals surface area contributed by atoms with Gasteiger partial charge in [0.25, 0.3) is 0 Å². The van der Waals surface area contributed by atoms with Gasteiger partial charge in [-0.05, 0) is 27.3 Å². The molecule has 1 fully saturated rings. The van der Waals surface area contributed by atoms with E-state index in [4.69, 9.17) is 4.74 Å². The fourth-order valence-corrected chi connectivity index (χ4v) is 2.07. The highest BCUT2D eigenvalue weighted by atomic mass is 16.5. The smallest absolute Gasteiger partial charge is 0.0753 e. The molecule has 0 amide bonds. The molecule has 1 aliphatic heterocycles. The zero-order valence-corrected chi connectivity index (χ0v) is 9.97. The van der Waals surface area contributed by atoms with Crippen molar-refractivity contribution in [3.63, 3.8) is 0 Å². The van der Waals surface area contributed by atoms with Crippen LogP contribution in [0.2, 0.25) is 0 Å². The van der Waals surface area contributed by atoms with Gasteiger partial charge in [0.2, 0.25) is 0 Å². The zero-order chi connectivity index (χ0) is 10.6. The lowest BCUT2D eigenvalue weighted by Gasteiger charge is -2.39. The standard InChI is InChI=1S/C11H24N2O/c1-5-12-10(2)8-13-6-7-14-11(3,4)9-13/h10,12H,5-9H2,1-4H3. The summed E-state index contributed by atoms with van der Waals surface area (Å²) in [6, 6.07) is 0.578. The molecule has 0 radical (unpaired) electrons. The highest BCUT2D eigenvalue weighted by Gasteiger charge is 2.27. The Balaban J connectivity index is 2.30. The quantitative estimate of drug-likeness (QED) is 0.735. The minimum atomic E-state index is 0.0319. The van der Waals surface area contributed by atoms with Gasteiger partial charge in [-0.2, -0.15) is 0 Å². The van der Waals surface area contributed by atoms with Crippen LogP contribution in [0.5, 0.6) is 0 Å². The van der Waals surface area contributed by atoms with E-state index in [-0.39, 0.29) is 5.60 Å². The Labute approximate surface area is 87.8 Å². The van der Waals surface area contributed by atoms with E-state index in [2.05, 4.69) is 37.9 Å². The Kier molecular flexibility index (Phi) is 4.35. The summed E-state index contributed by atoms with van der Waals surface area (Å²) in [7, 11) is 0. The van der Waals surface area contributed by atoms with Crippen LogP contribution in [0.25, 0.3) is 0 Å². The molecule has 0 aliphatic carbocycles. The van der Waals surface area contributed by atoms with Crippen LogP contribution < -0.4 is 5.32 Å². The van der Waals surface area contributed by atoms with Crippen molar-refractivity contribution in [2.24, 2.45) is 0 Å². The van der Waals surface area contributed by atoms with Gasteiger partial charge in [0, 0.05) is 25.7 Å². The second kappa shape index (κ2) is 5.10. The summed E-state index contributed by atoms with van der Waals surface area (Å²) in [6.45, 7) is 13.9. The second-order valence-corrected chi connectivity index (χ2v) is 4.80. The largest absolute Gasteiger partial charge is 0.373 e. The molecule has 0 aromatic rings. The van der Waals surface area contributed by atoms with Gasteiger partial charge in [-0.1, -0.05) is 6.92 Å². The molecular weight excluding hydrogens is 176 g/mol. The van der Waals surface area contributed by atoms with Crippen LogP contribution in [-0.4, -0.2) is 49.3 Å². The maximum atomic E-state index is 5.68. The molecule has 1 unspecified atom stereocenters. The minimum Gasteiger partial charge on any atom is -0.373 e. The molecule has 1 saturated heterocycles. The molecule has 0 spiro atoms. The summed E-state index contributed by atoms with van der Waals surface area (Å²) in [4.78, 5) is 2.48. The molecule has 1 N–H and O–H groups in total. The van der Waals surface area contributed by atoms with Crippen molar-refractivity contribution in [2.45, 2.75) is 39.3 Å². The van der Waals surface area contributed by atoms with Crippen LogP contribution in [0.15, 0.2) is 0 Å². The molecule has 1 aliphatic rings. The molecule has 0 aromatic carbocycles. The highest BCUT2D eigenvalue weighted by Crippen LogP contribution is 2.16. The van der Waals surface area contributed by atoms with Crippen LogP contribution in [0.4, 0.5) is 0 Å². The van der Waals surface area contributed by atoms with E-state index in [0.29, 0.717) is 6.04 Å². The maximum Gasteiger partial charge on any atom is 0.0753 e. The Morgan fingerprint density at radius 3 is 2.79 bits per heavy atom. The summed E-state index contributed by atoms with van der Waals surface area (Å²) >= 11 is 0. The number of morpholine rings is 1. The summed E-state index contributed by atoms with van der Waals surface area (Å²) in [5, 5.41) is 3.44. The van der Waals surface area contributed by atoms with Gasteiger partial charge in [-0.15, -0.1) is 0 Å². The van der Waals surface area contributed by atoms with E-state index in [1.165, 1.54) is 0 Å². The van der Waals surface area contributed by atoms with E-state index in [9.17, 15) is 0 Å². The first kappa shape index (κ1) is 12.0. The van der Waals surface area contributed by atoms with Gasteiger partial charge in [-0.25, -0.2) is 0 Å². The summed E-state index contributed by atoms with van der Waals surface area (Å²) in [5.41, 5.74) is 0.0319. The Morgan fingerprint density at radius 2 is 2.21 bits per heavy atom. The van der Waals surface area contributed by atoms with E-state index in [1.54, 1.807) is 0 Å². The molecule has 3 nitrogen and oxygen atoms in total. The van der Waals surface area contributed by atoms with Gasteiger partial charge >= 0.3 is 0 Å². The lowest BCUT2D eigenvalue weighted by molar-refractivity contribution is -0.0871. The third-order valence-electron chi connectivity index (χ3n) is 2.59. The molecule has 1 rings (SSSR count). The van der Waals surface area contributed by atoms with Crippen LogP contribution in [0.3, 0.4) is 0 Å². The fourth-order valence-electron chi connectivity index (χ4n) is 2.07. The van der Waals surface area contributed by atoms with Gasteiger partial charge in [0.1, 0.15) is 0 Å². The average Bonchev–Trinajstić information content (AvgIpc) is 2.02. The fraction of sp³-hybridized carbons (Fsp3) is 1.00. The molecule has 14 heavy (non-hydrogen) atoms. The van der Waals surface area contributed by atoms with E-state index < -0.39 is 0 Å². The van der Waals surface area contributed by atoms with Crippen molar-refractivity contribution in [3.8, 4) is 0 Å². The third kappa shape index (κ3) is 3.95. The maximum absolute atomic E-state index is 5.68. The van der Waals surface area contributed by atoms with Crippen molar-refractivity contribution >= 4 is 0 Å². The molecule has 1 heterocycles. The molecule has 3 heteroatoms. The number of rotatable bonds is 4. The van der Waals surface area contributed by atoms with E-state index in [1.807, 2.05) is 0 Å². The summed E-state index contributed by atoms with van der Waals surface area (Å²) in [6.07, 6.45) is 0. The first-order valence-electron chi connectivity index (χ1n) is 5.63. The Hall–Kier alpha value is -0.120. The lowest BCUT2D eigenvalue weighted by Crippen LogP contribution is -2.51. The van der Waals surface area contributed by atoms with Gasteiger partial charge < -0.3 is 10.1 Å². The molecule has 84 valence electrons. The third-order valence-corrected chi connectivity index (χ3v) is 2.59. The van der Waals surface area contributed by atoms with Crippen LogP contribution in [0, 0.1) is 0 Å². The van der Waals surface area contributed by atoms with Gasteiger partial charge in [-0.3, -0.25) is 4.90 Å². The molecular formula is C11H24N2O. The Bertz CT molecular complexity index is 171. The van der Waals surface area contributed by atoms with Crippen molar-refractivity contribution < 1.29 is 4.74 Å². The van der Waals surface area contributed by atoms with Crippen LogP contribution in [0.1, 0.15) is 27.7 Å². The highest BCUT2D eigenvalue weighted by molar-refractivity contribution is 4.80.